The largest absolute Gasteiger partial charge is 0.380 e. The Bertz CT molecular complexity index is 1030. The minimum atomic E-state index is -0.427. The van der Waals surface area contributed by atoms with Gasteiger partial charge < -0.3 is 10.1 Å². The van der Waals surface area contributed by atoms with Gasteiger partial charge in [0.1, 0.15) is 5.82 Å². The molecule has 0 aliphatic rings. The first-order valence-electron chi connectivity index (χ1n) is 9.75. The highest BCUT2D eigenvalue weighted by atomic mass is 35.5. The molecule has 1 atom stereocenters. The van der Waals surface area contributed by atoms with E-state index in [0.29, 0.717) is 29.6 Å². The molecule has 0 aliphatic carbocycles. The molecule has 3 N–H and O–H groups in total. The van der Waals surface area contributed by atoms with Crippen LogP contribution >= 0.6 is 11.6 Å². The van der Waals surface area contributed by atoms with Gasteiger partial charge in [-0.05, 0) is 55.8 Å². The average molecular weight is 444 g/mol. The lowest BCUT2D eigenvalue weighted by Crippen LogP contribution is -2.37. The third-order valence-electron chi connectivity index (χ3n) is 4.23. The number of guanidine groups is 1. The Morgan fingerprint density at radius 2 is 1.94 bits per heavy atom. The van der Waals surface area contributed by atoms with Gasteiger partial charge in [0.05, 0.1) is 18.3 Å². The van der Waals surface area contributed by atoms with Crippen LogP contribution in [0.3, 0.4) is 0 Å². The second kappa shape index (κ2) is 10.7. The Kier molecular flexibility index (Phi) is 7.75. The van der Waals surface area contributed by atoms with Gasteiger partial charge in [-0.1, -0.05) is 23.7 Å². The van der Waals surface area contributed by atoms with Crippen LogP contribution in [-0.2, 0) is 4.74 Å². The molecule has 0 saturated carbocycles. The second-order valence-electron chi connectivity index (χ2n) is 6.75. The lowest BCUT2D eigenvalue weighted by Gasteiger charge is -2.13. The topological polar surface area (TPSA) is 91.4 Å². The number of carbonyl (C=O) groups is 1. The predicted molar refractivity (Wildman–Crippen MR) is 120 cm³/mol. The molecule has 7 nitrogen and oxygen atoms in total. The van der Waals surface area contributed by atoms with E-state index in [2.05, 4.69) is 25.8 Å². The summed E-state index contributed by atoms with van der Waals surface area (Å²) in [5, 5.41) is 13.5. The van der Waals surface area contributed by atoms with Crippen molar-refractivity contribution in [3.8, 4) is 11.3 Å². The lowest BCUT2D eigenvalue weighted by atomic mass is 10.1. The molecule has 0 fully saturated rings. The Balaban J connectivity index is 1.77. The number of aromatic amines is 1. The summed E-state index contributed by atoms with van der Waals surface area (Å²) in [4.78, 5) is 17.1. The van der Waals surface area contributed by atoms with E-state index in [1.165, 1.54) is 24.3 Å². The standard InChI is InChI=1S/C22H23ClFN5O2/c1-3-31-13-14(2)25-22(27-21(30)16-6-10-18(24)11-7-16)26-20-12-19(28-29-20)15-4-8-17(23)9-5-15/h4-12,14H,3,13H2,1-2H3,(H3,25,26,27,28,29,30)/t14-/m0/s1. The van der Waals surface area contributed by atoms with Crippen LogP contribution in [-0.4, -0.2) is 41.3 Å². The highest BCUT2D eigenvalue weighted by molar-refractivity contribution is 6.30. The lowest BCUT2D eigenvalue weighted by molar-refractivity contribution is 0.0976. The first-order valence-corrected chi connectivity index (χ1v) is 10.1. The van der Waals surface area contributed by atoms with E-state index in [1.54, 1.807) is 18.2 Å². The Morgan fingerprint density at radius 1 is 1.23 bits per heavy atom. The Labute approximate surface area is 184 Å². The maximum Gasteiger partial charge on any atom is 0.257 e. The van der Waals surface area contributed by atoms with Crippen LogP contribution in [0.5, 0.6) is 0 Å². The number of nitrogens with zero attached hydrogens (tertiary/aromatic N) is 2. The second-order valence-corrected chi connectivity index (χ2v) is 7.18. The summed E-state index contributed by atoms with van der Waals surface area (Å²) >= 11 is 5.94. The van der Waals surface area contributed by atoms with Gasteiger partial charge in [-0.25, -0.2) is 9.38 Å². The number of H-pyrrole nitrogens is 1. The van der Waals surface area contributed by atoms with Crippen LogP contribution in [0, 0.1) is 5.82 Å². The number of halogens is 2. The van der Waals surface area contributed by atoms with Crippen LogP contribution in [0.25, 0.3) is 11.3 Å². The molecular formula is C22H23ClFN5O2. The minimum Gasteiger partial charge on any atom is -0.380 e. The van der Waals surface area contributed by atoms with E-state index in [1.807, 2.05) is 26.0 Å². The number of ether oxygens (including phenoxy) is 1. The highest BCUT2D eigenvalue weighted by Crippen LogP contribution is 2.21. The molecule has 31 heavy (non-hydrogen) atoms. The fraction of sp³-hybridized carbons (Fsp3) is 0.227. The first kappa shape index (κ1) is 22.5. The van der Waals surface area contributed by atoms with Crippen molar-refractivity contribution < 1.29 is 13.9 Å². The number of hydrogen-bond acceptors (Lipinski definition) is 4. The fourth-order valence-corrected chi connectivity index (χ4v) is 2.83. The van der Waals surface area contributed by atoms with Crippen molar-refractivity contribution in [2.75, 3.05) is 18.5 Å². The van der Waals surface area contributed by atoms with Crippen molar-refractivity contribution in [2.24, 2.45) is 4.99 Å². The van der Waals surface area contributed by atoms with Crippen LogP contribution in [0.1, 0.15) is 24.2 Å². The number of benzene rings is 2. The van der Waals surface area contributed by atoms with E-state index in [4.69, 9.17) is 16.3 Å². The molecule has 3 rings (SSSR count). The molecule has 0 saturated heterocycles. The minimum absolute atomic E-state index is 0.204. The summed E-state index contributed by atoms with van der Waals surface area (Å²) in [5.41, 5.74) is 1.98. The molecule has 9 heteroatoms. The monoisotopic (exact) mass is 443 g/mol. The smallest absolute Gasteiger partial charge is 0.257 e. The zero-order chi connectivity index (χ0) is 22.2. The number of rotatable bonds is 7. The quantitative estimate of drug-likeness (QED) is 0.370. The highest BCUT2D eigenvalue weighted by Gasteiger charge is 2.13. The maximum atomic E-state index is 13.2. The molecule has 0 unspecified atom stereocenters. The molecule has 0 radical (unpaired) electrons. The van der Waals surface area contributed by atoms with Crippen LogP contribution in [0.2, 0.25) is 5.02 Å². The summed E-state index contributed by atoms with van der Waals surface area (Å²) < 4.78 is 18.6. The molecule has 2 aromatic carbocycles. The van der Waals surface area contributed by atoms with E-state index in [0.717, 1.165) is 11.3 Å². The van der Waals surface area contributed by atoms with Gasteiger partial charge in [0, 0.05) is 23.3 Å². The number of hydrogen-bond donors (Lipinski definition) is 3. The van der Waals surface area contributed by atoms with E-state index in [9.17, 15) is 9.18 Å². The van der Waals surface area contributed by atoms with E-state index >= 15 is 0 Å². The SMILES string of the molecule is CCOC[C@H](C)N=C(NC(=O)c1ccc(F)cc1)Nc1cc(-c2ccc(Cl)cc2)[nH]n1. The van der Waals surface area contributed by atoms with Gasteiger partial charge in [-0.15, -0.1) is 0 Å². The molecule has 1 amide bonds. The first-order chi connectivity index (χ1) is 14.9. The van der Waals surface area contributed by atoms with Crippen LogP contribution in [0.15, 0.2) is 59.6 Å². The van der Waals surface area contributed by atoms with Gasteiger partial charge in [0.15, 0.2) is 5.82 Å². The average Bonchev–Trinajstić information content (AvgIpc) is 3.21. The molecule has 0 spiro atoms. The summed E-state index contributed by atoms with van der Waals surface area (Å²) in [6.07, 6.45) is 0. The van der Waals surface area contributed by atoms with Gasteiger partial charge in [0.25, 0.3) is 5.91 Å². The number of anilines is 1. The summed E-state index contributed by atoms with van der Waals surface area (Å²) in [7, 11) is 0. The molecule has 0 aliphatic heterocycles. The number of aromatic nitrogens is 2. The van der Waals surface area contributed by atoms with Gasteiger partial charge in [0.2, 0.25) is 5.96 Å². The third-order valence-corrected chi connectivity index (χ3v) is 4.48. The predicted octanol–water partition coefficient (Wildman–Crippen LogP) is 4.49. The van der Waals surface area contributed by atoms with Crippen molar-refractivity contribution >= 4 is 29.3 Å². The fourth-order valence-electron chi connectivity index (χ4n) is 2.71. The van der Waals surface area contributed by atoms with Gasteiger partial charge in [-0.3, -0.25) is 15.2 Å². The number of carbonyl (C=O) groups excluding carboxylic acids is 1. The van der Waals surface area contributed by atoms with Crippen molar-refractivity contribution in [3.05, 3.63) is 71.0 Å². The van der Waals surface area contributed by atoms with Crippen molar-refractivity contribution in [1.29, 1.82) is 0 Å². The van der Waals surface area contributed by atoms with Crippen molar-refractivity contribution in [1.82, 2.24) is 15.5 Å². The summed E-state index contributed by atoms with van der Waals surface area (Å²) in [5.74, 6) is -0.175. The molecule has 162 valence electrons. The molecule has 1 aromatic heterocycles. The normalized spacial score (nSPS) is 12.5. The summed E-state index contributed by atoms with van der Waals surface area (Å²) in [6, 6.07) is 14.1. The van der Waals surface area contributed by atoms with E-state index < -0.39 is 11.7 Å². The third kappa shape index (κ3) is 6.63. The maximum absolute atomic E-state index is 13.2. The summed E-state index contributed by atoms with van der Waals surface area (Å²) in [6.45, 7) is 4.72. The van der Waals surface area contributed by atoms with Gasteiger partial charge in [-0.2, -0.15) is 5.10 Å². The molecule has 0 bridgehead atoms. The number of nitrogens with one attached hydrogen (secondary N) is 3. The molecule has 1 heterocycles. The molecular weight excluding hydrogens is 421 g/mol. The van der Waals surface area contributed by atoms with Crippen LogP contribution < -0.4 is 10.6 Å². The Hall–Kier alpha value is -3.23. The zero-order valence-corrected chi connectivity index (χ0v) is 17.9. The molecule has 3 aromatic rings. The van der Waals surface area contributed by atoms with Crippen molar-refractivity contribution in [2.45, 2.75) is 19.9 Å². The zero-order valence-electron chi connectivity index (χ0n) is 17.2. The number of aliphatic imine (C=N–C) groups is 1. The van der Waals surface area contributed by atoms with Crippen molar-refractivity contribution in [3.63, 3.8) is 0 Å². The van der Waals surface area contributed by atoms with Crippen LogP contribution in [0.4, 0.5) is 10.2 Å². The Morgan fingerprint density at radius 3 is 2.61 bits per heavy atom. The van der Waals surface area contributed by atoms with E-state index in [-0.39, 0.29) is 12.0 Å². The van der Waals surface area contributed by atoms with Gasteiger partial charge >= 0.3 is 0 Å². The number of amides is 1.